The lowest BCUT2D eigenvalue weighted by molar-refractivity contribution is 0.0919. The lowest BCUT2D eigenvalue weighted by Gasteiger charge is -2.10. The molecule has 1 aromatic carbocycles. The van der Waals surface area contributed by atoms with Gasteiger partial charge in [0, 0.05) is 31.3 Å². The third-order valence-electron chi connectivity index (χ3n) is 4.84. The first-order chi connectivity index (χ1) is 14.5. The van der Waals surface area contributed by atoms with Gasteiger partial charge < -0.3 is 15.4 Å². The number of carbonyl (C=O) groups is 2. The van der Waals surface area contributed by atoms with Crippen molar-refractivity contribution in [2.75, 3.05) is 20.3 Å². The average molecular weight is 429 g/mol. The van der Waals surface area contributed by atoms with Gasteiger partial charge in [0.25, 0.3) is 11.8 Å². The second-order valence-corrected chi connectivity index (χ2v) is 7.38. The van der Waals surface area contributed by atoms with Crippen LogP contribution in [0.3, 0.4) is 0 Å². The van der Waals surface area contributed by atoms with Gasteiger partial charge in [0.2, 0.25) is 0 Å². The van der Waals surface area contributed by atoms with Gasteiger partial charge in [-0.15, -0.1) is 0 Å². The molecule has 0 saturated carbocycles. The number of carbonyl (C=O) groups excluding carboxylic acids is 2. The molecule has 3 heterocycles. The zero-order chi connectivity index (χ0) is 21.1. The van der Waals surface area contributed by atoms with E-state index < -0.39 is 0 Å². The van der Waals surface area contributed by atoms with E-state index in [2.05, 4.69) is 25.9 Å². The Morgan fingerprint density at radius 2 is 2.13 bits per heavy atom. The molecule has 1 aliphatic rings. The minimum absolute atomic E-state index is 0.113. The maximum absolute atomic E-state index is 12.6. The molecule has 0 saturated heterocycles. The maximum Gasteiger partial charge on any atom is 0.271 e. The Morgan fingerprint density at radius 3 is 2.90 bits per heavy atom. The molecule has 1 aliphatic heterocycles. The number of rotatable bonds is 7. The van der Waals surface area contributed by atoms with Crippen LogP contribution in [0.15, 0.2) is 36.4 Å². The van der Waals surface area contributed by atoms with E-state index in [4.69, 9.17) is 16.3 Å². The minimum Gasteiger partial charge on any atom is -0.383 e. The van der Waals surface area contributed by atoms with E-state index in [9.17, 15) is 9.59 Å². The lowest BCUT2D eigenvalue weighted by atomic mass is 10.1. The summed E-state index contributed by atoms with van der Waals surface area (Å²) >= 11 is 6.20. The van der Waals surface area contributed by atoms with Gasteiger partial charge >= 0.3 is 0 Å². The highest BCUT2D eigenvalue weighted by atomic mass is 35.5. The van der Waals surface area contributed by atoms with Gasteiger partial charge in [-0.05, 0) is 18.2 Å². The quantitative estimate of drug-likeness (QED) is 0.495. The molecule has 1 unspecified atom stereocenters. The van der Waals surface area contributed by atoms with E-state index in [1.807, 2.05) is 18.2 Å². The second kappa shape index (κ2) is 8.68. The van der Waals surface area contributed by atoms with Gasteiger partial charge in [-0.3, -0.25) is 19.4 Å². The standard InChI is InChI=1S/C20H21ClN6O3/c1-30-7-6-22-19(28)18-9-13-8-12(11-27(13)26-18)23-20(29)17-10-16(24-25-17)14-4-2-3-5-15(14)21/h2-5,9-10,12H,6-8,11H2,1H3,(H,22,28)(H,23,29)(H,24,25). The fourth-order valence-corrected chi connectivity index (χ4v) is 3.61. The average Bonchev–Trinajstić information content (AvgIpc) is 3.43. The summed E-state index contributed by atoms with van der Waals surface area (Å²) in [6.07, 6.45) is 0.593. The first-order valence-corrected chi connectivity index (χ1v) is 9.88. The number of methoxy groups -OCH3 is 1. The van der Waals surface area contributed by atoms with Crippen LogP contribution in [0.5, 0.6) is 0 Å². The molecular formula is C20H21ClN6O3. The van der Waals surface area contributed by atoms with Gasteiger partial charge in [0.15, 0.2) is 0 Å². The highest BCUT2D eigenvalue weighted by Crippen LogP contribution is 2.26. The number of nitrogens with zero attached hydrogens (tertiary/aromatic N) is 3. The number of H-pyrrole nitrogens is 1. The van der Waals surface area contributed by atoms with E-state index in [1.165, 1.54) is 0 Å². The van der Waals surface area contributed by atoms with Gasteiger partial charge in [-0.25, -0.2) is 0 Å². The van der Waals surface area contributed by atoms with Crippen LogP contribution < -0.4 is 10.6 Å². The molecule has 0 bridgehead atoms. The number of hydrogen-bond acceptors (Lipinski definition) is 5. The van der Waals surface area contributed by atoms with Crippen LogP contribution in [0.2, 0.25) is 5.02 Å². The Bertz CT molecular complexity index is 1050. The predicted octanol–water partition coefficient (Wildman–Crippen LogP) is 1.66. The molecule has 3 N–H and O–H groups in total. The SMILES string of the molecule is COCCNC(=O)c1cc2n(n1)CC(NC(=O)c1cc(-c3ccccc3Cl)n[nH]1)C2. The van der Waals surface area contributed by atoms with E-state index in [1.54, 1.807) is 30.0 Å². The molecule has 0 spiro atoms. The van der Waals surface area contributed by atoms with Crippen molar-refractivity contribution in [2.45, 2.75) is 19.0 Å². The molecule has 4 rings (SSSR count). The van der Waals surface area contributed by atoms with Crippen LogP contribution in [-0.4, -0.2) is 58.1 Å². The molecule has 0 aliphatic carbocycles. The number of nitrogens with one attached hydrogen (secondary N) is 3. The van der Waals surface area contributed by atoms with Crippen molar-refractivity contribution in [1.29, 1.82) is 0 Å². The van der Waals surface area contributed by atoms with Crippen molar-refractivity contribution in [3.05, 3.63) is 58.5 Å². The summed E-state index contributed by atoms with van der Waals surface area (Å²) in [6, 6.07) is 10.6. The first kappa shape index (κ1) is 20.1. The number of benzene rings is 1. The molecular weight excluding hydrogens is 408 g/mol. The van der Waals surface area contributed by atoms with Crippen LogP contribution >= 0.6 is 11.6 Å². The summed E-state index contributed by atoms with van der Waals surface area (Å²) in [6.45, 7) is 1.37. The highest BCUT2D eigenvalue weighted by molar-refractivity contribution is 6.33. The van der Waals surface area contributed by atoms with Crippen molar-refractivity contribution < 1.29 is 14.3 Å². The lowest BCUT2D eigenvalue weighted by Crippen LogP contribution is -2.36. The van der Waals surface area contributed by atoms with Crippen LogP contribution in [0.1, 0.15) is 26.7 Å². The van der Waals surface area contributed by atoms with Crippen LogP contribution in [-0.2, 0) is 17.7 Å². The second-order valence-electron chi connectivity index (χ2n) is 6.97. The zero-order valence-corrected chi connectivity index (χ0v) is 17.1. The van der Waals surface area contributed by atoms with Crippen LogP contribution in [0, 0.1) is 0 Å². The largest absolute Gasteiger partial charge is 0.383 e. The Morgan fingerprint density at radius 1 is 1.30 bits per heavy atom. The molecule has 1 atom stereocenters. The highest BCUT2D eigenvalue weighted by Gasteiger charge is 2.27. The zero-order valence-electron chi connectivity index (χ0n) is 16.3. The summed E-state index contributed by atoms with van der Waals surface area (Å²) in [5.41, 5.74) is 2.98. The van der Waals surface area contributed by atoms with E-state index in [0.717, 1.165) is 11.3 Å². The van der Waals surface area contributed by atoms with Gasteiger partial charge in [-0.2, -0.15) is 10.2 Å². The summed E-state index contributed by atoms with van der Waals surface area (Å²) in [7, 11) is 1.58. The number of fused-ring (bicyclic) bond motifs is 1. The third-order valence-corrected chi connectivity index (χ3v) is 5.17. The van der Waals surface area contributed by atoms with Crippen molar-refractivity contribution in [2.24, 2.45) is 0 Å². The fourth-order valence-electron chi connectivity index (χ4n) is 3.38. The fraction of sp³-hybridized carbons (Fsp3) is 0.300. The molecule has 3 aromatic rings. The minimum atomic E-state index is -0.255. The summed E-state index contributed by atoms with van der Waals surface area (Å²) in [5.74, 6) is -0.492. The molecule has 2 aromatic heterocycles. The number of halogens is 1. The topological polar surface area (TPSA) is 114 Å². The normalized spacial score (nSPS) is 15.1. The number of ether oxygens (including phenoxy) is 1. The molecule has 156 valence electrons. The van der Waals surface area contributed by atoms with Gasteiger partial charge in [-0.1, -0.05) is 29.8 Å². The van der Waals surface area contributed by atoms with Crippen molar-refractivity contribution in [3.63, 3.8) is 0 Å². The summed E-state index contributed by atoms with van der Waals surface area (Å²) in [4.78, 5) is 24.7. The number of amides is 2. The van der Waals surface area contributed by atoms with Crippen molar-refractivity contribution in [1.82, 2.24) is 30.6 Å². The summed E-state index contributed by atoms with van der Waals surface area (Å²) < 4.78 is 6.66. The molecule has 0 radical (unpaired) electrons. The summed E-state index contributed by atoms with van der Waals surface area (Å²) in [5, 5.41) is 17.6. The van der Waals surface area contributed by atoms with E-state index in [0.29, 0.717) is 48.2 Å². The Labute approximate surface area is 177 Å². The molecule has 0 fully saturated rings. The van der Waals surface area contributed by atoms with Gasteiger partial charge in [0.05, 0.1) is 29.9 Å². The van der Waals surface area contributed by atoms with Crippen molar-refractivity contribution in [3.8, 4) is 11.3 Å². The molecule has 30 heavy (non-hydrogen) atoms. The molecule has 9 nitrogen and oxygen atoms in total. The molecule has 2 amide bonds. The molecule has 10 heteroatoms. The number of aromatic nitrogens is 4. The van der Waals surface area contributed by atoms with E-state index in [-0.39, 0.29) is 17.9 Å². The number of aromatic amines is 1. The Hall–Kier alpha value is -3.17. The smallest absolute Gasteiger partial charge is 0.271 e. The van der Waals surface area contributed by atoms with Crippen molar-refractivity contribution >= 4 is 23.4 Å². The monoisotopic (exact) mass is 428 g/mol. The van der Waals surface area contributed by atoms with E-state index >= 15 is 0 Å². The first-order valence-electron chi connectivity index (χ1n) is 9.50. The number of hydrogen-bond donors (Lipinski definition) is 3. The van der Waals surface area contributed by atoms with Gasteiger partial charge in [0.1, 0.15) is 11.4 Å². The third kappa shape index (κ3) is 4.22. The maximum atomic E-state index is 12.6. The van der Waals surface area contributed by atoms with Crippen LogP contribution in [0.4, 0.5) is 0 Å². The Kier molecular flexibility index (Phi) is 5.82. The predicted molar refractivity (Wildman–Crippen MR) is 110 cm³/mol. The Balaban J connectivity index is 1.35. The van der Waals surface area contributed by atoms with Crippen LogP contribution in [0.25, 0.3) is 11.3 Å².